The Morgan fingerprint density at radius 2 is 1.50 bits per heavy atom. The molecule has 2 unspecified atom stereocenters. The number of hydrogen-bond donors (Lipinski definition) is 0. The number of benzene rings is 3. The molecule has 3 aromatic rings. The standard InChI is InChI=1S/C30H25F9O/c1-3-4-15-5-11-21(30(38,39)14-15)18-8-9-20(27(35)25(18)33)28(36)26(34)19-7-6-16(13-22(19)31)17-10-12-23(40-2)29(37)24(17)32/h6-10,12-13,15,21H,3-5,11,14H2,1-2H3/b28-26+. The Hall–Kier alpha value is -3.43. The summed E-state index contributed by atoms with van der Waals surface area (Å²) < 4.78 is 137. The fraction of sp³-hybridized carbons (Fsp3) is 0.333. The van der Waals surface area contributed by atoms with Crippen LogP contribution in [-0.4, -0.2) is 13.0 Å². The van der Waals surface area contributed by atoms with Crippen molar-refractivity contribution < 1.29 is 44.3 Å². The van der Waals surface area contributed by atoms with Crippen molar-refractivity contribution in [2.24, 2.45) is 5.92 Å². The Labute approximate surface area is 225 Å². The summed E-state index contributed by atoms with van der Waals surface area (Å²) in [6.45, 7) is 1.86. The van der Waals surface area contributed by atoms with Crippen molar-refractivity contribution in [2.45, 2.75) is 50.9 Å². The van der Waals surface area contributed by atoms with E-state index in [1.165, 1.54) is 0 Å². The minimum Gasteiger partial charge on any atom is -0.494 e. The molecule has 1 aliphatic carbocycles. The van der Waals surface area contributed by atoms with Crippen LogP contribution in [0.3, 0.4) is 0 Å². The van der Waals surface area contributed by atoms with Crippen LogP contribution in [0.1, 0.15) is 61.6 Å². The average molecular weight is 573 g/mol. The van der Waals surface area contributed by atoms with Gasteiger partial charge in [-0.05, 0) is 60.2 Å². The molecule has 1 aliphatic rings. The molecule has 3 aromatic carbocycles. The molecule has 0 spiro atoms. The number of hydrogen-bond acceptors (Lipinski definition) is 1. The van der Waals surface area contributed by atoms with Crippen molar-refractivity contribution in [2.75, 3.05) is 7.11 Å². The molecule has 0 saturated heterocycles. The fourth-order valence-corrected chi connectivity index (χ4v) is 5.29. The molecule has 0 radical (unpaired) electrons. The molecule has 1 saturated carbocycles. The lowest BCUT2D eigenvalue weighted by Gasteiger charge is -2.36. The van der Waals surface area contributed by atoms with Gasteiger partial charge < -0.3 is 4.74 Å². The number of methoxy groups -OCH3 is 1. The van der Waals surface area contributed by atoms with Crippen LogP contribution in [0.4, 0.5) is 39.5 Å². The molecular weight excluding hydrogens is 547 g/mol. The Morgan fingerprint density at radius 3 is 2.12 bits per heavy atom. The number of halogens is 9. The monoisotopic (exact) mass is 572 g/mol. The van der Waals surface area contributed by atoms with Crippen LogP contribution in [0.5, 0.6) is 5.75 Å². The van der Waals surface area contributed by atoms with E-state index < -0.39 is 87.0 Å². The van der Waals surface area contributed by atoms with Crippen LogP contribution in [0.25, 0.3) is 22.8 Å². The van der Waals surface area contributed by atoms with E-state index >= 15 is 0 Å². The van der Waals surface area contributed by atoms with Crippen molar-refractivity contribution in [3.05, 3.63) is 88.2 Å². The molecule has 2 atom stereocenters. The zero-order valence-corrected chi connectivity index (χ0v) is 21.5. The van der Waals surface area contributed by atoms with Gasteiger partial charge in [0.1, 0.15) is 5.82 Å². The topological polar surface area (TPSA) is 9.23 Å². The van der Waals surface area contributed by atoms with E-state index in [1.54, 1.807) is 0 Å². The lowest BCUT2D eigenvalue weighted by Crippen LogP contribution is -2.35. The van der Waals surface area contributed by atoms with Gasteiger partial charge >= 0.3 is 0 Å². The number of rotatable bonds is 7. The lowest BCUT2D eigenvalue weighted by atomic mass is 9.74. The first-order chi connectivity index (χ1) is 18.9. The molecule has 0 bridgehead atoms. The average Bonchev–Trinajstić information content (AvgIpc) is 2.91. The van der Waals surface area contributed by atoms with Gasteiger partial charge in [-0.25, -0.2) is 35.1 Å². The van der Waals surface area contributed by atoms with E-state index in [0.29, 0.717) is 31.4 Å². The van der Waals surface area contributed by atoms with Crippen molar-refractivity contribution in [1.82, 2.24) is 0 Å². The van der Waals surface area contributed by atoms with Crippen LogP contribution in [0.15, 0.2) is 42.5 Å². The van der Waals surface area contributed by atoms with E-state index in [0.717, 1.165) is 37.4 Å². The minimum absolute atomic E-state index is 0.101. The predicted molar refractivity (Wildman–Crippen MR) is 134 cm³/mol. The quantitative estimate of drug-likeness (QED) is 0.202. The van der Waals surface area contributed by atoms with Gasteiger partial charge in [0.2, 0.25) is 5.82 Å². The Balaban J connectivity index is 1.66. The minimum atomic E-state index is -3.32. The number of alkyl halides is 2. The van der Waals surface area contributed by atoms with E-state index in [-0.39, 0.29) is 17.9 Å². The molecule has 0 N–H and O–H groups in total. The maximum atomic E-state index is 15.0. The maximum Gasteiger partial charge on any atom is 0.255 e. The van der Waals surface area contributed by atoms with Gasteiger partial charge in [0.25, 0.3) is 5.92 Å². The van der Waals surface area contributed by atoms with Gasteiger partial charge in [-0.1, -0.05) is 31.9 Å². The SMILES string of the molecule is CCCC1CCC(c2ccc(/C(F)=C(\F)c3ccc(-c4ccc(OC)c(F)c4F)cc3F)c(F)c2F)C(F)(F)C1. The molecule has 10 heteroatoms. The van der Waals surface area contributed by atoms with Crippen molar-refractivity contribution in [3.8, 4) is 16.9 Å². The molecule has 214 valence electrons. The largest absolute Gasteiger partial charge is 0.494 e. The van der Waals surface area contributed by atoms with Crippen LogP contribution in [0, 0.1) is 35.0 Å². The van der Waals surface area contributed by atoms with Crippen molar-refractivity contribution >= 4 is 11.7 Å². The lowest BCUT2D eigenvalue weighted by molar-refractivity contribution is -0.0745. The zero-order valence-electron chi connectivity index (χ0n) is 21.5. The summed E-state index contributed by atoms with van der Waals surface area (Å²) in [6, 6.07) is 5.93. The molecular formula is C30H25F9O. The first-order valence-corrected chi connectivity index (χ1v) is 12.6. The van der Waals surface area contributed by atoms with Crippen molar-refractivity contribution in [3.63, 3.8) is 0 Å². The molecule has 4 rings (SSSR count). The first kappa shape index (κ1) is 29.6. The molecule has 0 aliphatic heterocycles. The van der Waals surface area contributed by atoms with Gasteiger partial charge in [0.15, 0.2) is 34.9 Å². The third-order valence-electron chi connectivity index (χ3n) is 7.33. The summed E-state index contributed by atoms with van der Waals surface area (Å²) in [5.41, 5.74) is -3.46. The second-order valence-corrected chi connectivity index (χ2v) is 9.85. The van der Waals surface area contributed by atoms with E-state index in [2.05, 4.69) is 4.74 Å². The second kappa shape index (κ2) is 11.6. The zero-order chi connectivity index (χ0) is 29.4. The summed E-state index contributed by atoms with van der Waals surface area (Å²) in [4.78, 5) is 0. The second-order valence-electron chi connectivity index (χ2n) is 9.85. The highest BCUT2D eigenvalue weighted by Gasteiger charge is 2.47. The number of ether oxygens (including phenoxy) is 1. The van der Waals surface area contributed by atoms with Gasteiger partial charge in [-0.2, -0.15) is 4.39 Å². The Kier molecular flexibility index (Phi) is 8.56. The van der Waals surface area contributed by atoms with Gasteiger partial charge in [-0.15, -0.1) is 0 Å². The third kappa shape index (κ3) is 5.45. The molecule has 0 heterocycles. The molecule has 0 aromatic heterocycles. The van der Waals surface area contributed by atoms with Gasteiger partial charge in [0, 0.05) is 17.5 Å². The highest BCUT2D eigenvalue weighted by Crippen LogP contribution is 2.49. The van der Waals surface area contributed by atoms with Crippen LogP contribution < -0.4 is 4.74 Å². The summed E-state index contributed by atoms with van der Waals surface area (Å²) in [7, 11) is 1.12. The molecule has 1 fully saturated rings. The van der Waals surface area contributed by atoms with Crippen LogP contribution >= 0.6 is 0 Å². The Morgan fingerprint density at radius 1 is 0.825 bits per heavy atom. The predicted octanol–water partition coefficient (Wildman–Crippen LogP) is 10.1. The Bertz CT molecular complexity index is 1450. The van der Waals surface area contributed by atoms with Crippen LogP contribution in [0.2, 0.25) is 0 Å². The summed E-state index contributed by atoms with van der Waals surface area (Å²) in [5.74, 6) is -17.2. The van der Waals surface area contributed by atoms with E-state index in [4.69, 9.17) is 0 Å². The third-order valence-corrected chi connectivity index (χ3v) is 7.33. The molecule has 0 amide bonds. The highest BCUT2D eigenvalue weighted by atomic mass is 19.3. The van der Waals surface area contributed by atoms with Crippen LogP contribution in [-0.2, 0) is 0 Å². The molecule has 1 nitrogen and oxygen atoms in total. The van der Waals surface area contributed by atoms with E-state index in [9.17, 15) is 39.5 Å². The summed E-state index contributed by atoms with van der Waals surface area (Å²) in [6.07, 6.45) is 1.09. The first-order valence-electron chi connectivity index (χ1n) is 12.6. The highest BCUT2D eigenvalue weighted by molar-refractivity contribution is 5.84. The van der Waals surface area contributed by atoms with E-state index in [1.807, 2.05) is 6.92 Å². The van der Waals surface area contributed by atoms with Crippen molar-refractivity contribution in [1.29, 1.82) is 0 Å². The normalized spacial score (nSPS) is 19.4. The smallest absolute Gasteiger partial charge is 0.255 e. The summed E-state index contributed by atoms with van der Waals surface area (Å²) >= 11 is 0. The summed E-state index contributed by atoms with van der Waals surface area (Å²) in [5, 5.41) is 0. The molecule has 40 heavy (non-hydrogen) atoms. The fourth-order valence-electron chi connectivity index (χ4n) is 5.29. The van der Waals surface area contributed by atoms with Gasteiger partial charge in [0.05, 0.1) is 18.6 Å². The maximum absolute atomic E-state index is 15.0. The van der Waals surface area contributed by atoms with Gasteiger partial charge in [-0.3, -0.25) is 0 Å².